The highest BCUT2D eigenvalue weighted by atomic mass is 16.6. The molecule has 2 heterocycles. The van der Waals surface area contributed by atoms with E-state index >= 15 is 0 Å². The third-order valence-electron chi connectivity index (χ3n) is 5.43. The number of rotatable bonds is 10. The summed E-state index contributed by atoms with van der Waals surface area (Å²) in [4.78, 5) is 41.6. The number of non-ortho nitro benzene ring substituents is 1. The van der Waals surface area contributed by atoms with E-state index in [0.717, 1.165) is 5.56 Å². The van der Waals surface area contributed by atoms with Gasteiger partial charge in [0.15, 0.2) is 11.2 Å². The normalized spacial score (nSPS) is 11.9. The second-order valence-electron chi connectivity index (χ2n) is 7.91. The van der Waals surface area contributed by atoms with Crippen LogP contribution in [0.4, 0.5) is 11.6 Å². The molecule has 2 aromatic carbocycles. The maximum Gasteiger partial charge on any atom is 0.329 e. The van der Waals surface area contributed by atoms with Gasteiger partial charge in [-0.3, -0.25) is 24.5 Å². The van der Waals surface area contributed by atoms with Gasteiger partial charge in [0.1, 0.15) is 18.5 Å². The summed E-state index contributed by atoms with van der Waals surface area (Å²) < 4.78 is 8.30. The van der Waals surface area contributed by atoms with Crippen LogP contribution in [0.5, 0.6) is 5.75 Å². The Labute approximate surface area is 198 Å². The van der Waals surface area contributed by atoms with Crippen molar-refractivity contribution >= 4 is 22.8 Å². The van der Waals surface area contributed by atoms with E-state index in [-0.39, 0.29) is 30.0 Å². The van der Waals surface area contributed by atoms with Crippen molar-refractivity contribution in [1.82, 2.24) is 19.1 Å². The zero-order valence-corrected chi connectivity index (χ0v) is 18.9. The molecular formula is C23H24N6O6. The van der Waals surface area contributed by atoms with Crippen LogP contribution < -0.4 is 21.3 Å². The van der Waals surface area contributed by atoms with Crippen LogP contribution >= 0.6 is 0 Å². The molecule has 0 aliphatic rings. The van der Waals surface area contributed by atoms with Crippen molar-refractivity contribution in [2.24, 2.45) is 7.05 Å². The van der Waals surface area contributed by atoms with Crippen molar-refractivity contribution in [3.8, 4) is 5.75 Å². The molecule has 0 bridgehead atoms. The minimum absolute atomic E-state index is 0.0432. The Morgan fingerprint density at radius 3 is 2.57 bits per heavy atom. The number of hydrogen-bond acceptors (Lipinski definition) is 8. The fourth-order valence-electron chi connectivity index (χ4n) is 3.63. The molecule has 4 rings (SSSR count). The van der Waals surface area contributed by atoms with Gasteiger partial charge in [-0.1, -0.05) is 30.3 Å². The number of benzene rings is 2. The first kappa shape index (κ1) is 23.7. The van der Waals surface area contributed by atoms with E-state index in [4.69, 9.17) is 4.74 Å². The molecule has 0 radical (unpaired) electrons. The number of nitrogens with zero attached hydrogens (tertiary/aromatic N) is 4. The Balaban J connectivity index is 1.53. The summed E-state index contributed by atoms with van der Waals surface area (Å²) in [5.74, 6) is 0.684. The standard InChI is InChI=1S/C23H24N6O6/c1-27-20-19(21(31)26-23(27)32)28(22(25-20)24-12-11-15-5-3-2-4-6-15)13-17(30)14-35-18-9-7-16(8-10-18)29(33)34/h2-10,17,30H,11-14H2,1H3,(H,24,25)(H,26,31,32). The van der Waals surface area contributed by atoms with Crippen molar-refractivity contribution in [1.29, 1.82) is 0 Å². The van der Waals surface area contributed by atoms with Crippen LogP contribution in [0.25, 0.3) is 11.2 Å². The van der Waals surface area contributed by atoms with Crippen molar-refractivity contribution in [3.05, 3.63) is 91.1 Å². The van der Waals surface area contributed by atoms with Crippen molar-refractivity contribution in [2.45, 2.75) is 19.1 Å². The molecule has 12 heteroatoms. The molecule has 0 saturated heterocycles. The summed E-state index contributed by atoms with van der Waals surface area (Å²) in [5, 5.41) is 24.6. The van der Waals surface area contributed by atoms with E-state index in [9.17, 15) is 24.8 Å². The average Bonchev–Trinajstić information content (AvgIpc) is 3.21. The number of ether oxygens (including phenoxy) is 1. The molecule has 3 N–H and O–H groups in total. The highest BCUT2D eigenvalue weighted by Gasteiger charge is 2.20. The Kier molecular flexibility index (Phi) is 6.92. The third-order valence-corrected chi connectivity index (χ3v) is 5.43. The fraction of sp³-hybridized carbons (Fsp3) is 0.261. The summed E-state index contributed by atoms with van der Waals surface area (Å²) in [5.41, 5.74) is 0.164. The highest BCUT2D eigenvalue weighted by Crippen LogP contribution is 2.19. The Morgan fingerprint density at radius 1 is 1.17 bits per heavy atom. The number of H-pyrrole nitrogens is 1. The van der Waals surface area contributed by atoms with Crippen LogP contribution in [-0.2, 0) is 20.0 Å². The van der Waals surface area contributed by atoms with Gasteiger partial charge in [0.2, 0.25) is 5.95 Å². The fourth-order valence-corrected chi connectivity index (χ4v) is 3.63. The summed E-state index contributed by atoms with van der Waals surface area (Å²) in [6.07, 6.45) is -0.348. The maximum atomic E-state index is 12.6. The van der Waals surface area contributed by atoms with E-state index in [2.05, 4.69) is 15.3 Å². The minimum Gasteiger partial charge on any atom is -0.491 e. The van der Waals surface area contributed by atoms with E-state index in [1.807, 2.05) is 30.3 Å². The first-order valence-electron chi connectivity index (χ1n) is 10.9. The van der Waals surface area contributed by atoms with E-state index in [1.165, 1.54) is 40.4 Å². The van der Waals surface area contributed by atoms with Gasteiger partial charge in [0.05, 0.1) is 11.5 Å². The number of aromatic amines is 1. The molecule has 2 aromatic heterocycles. The van der Waals surface area contributed by atoms with Gasteiger partial charge in [-0.05, 0) is 24.1 Å². The summed E-state index contributed by atoms with van der Waals surface area (Å²) in [6, 6.07) is 15.3. The van der Waals surface area contributed by atoms with Gasteiger partial charge in [-0.25, -0.2) is 4.79 Å². The molecule has 182 valence electrons. The van der Waals surface area contributed by atoms with Crippen LogP contribution in [0.2, 0.25) is 0 Å². The molecule has 35 heavy (non-hydrogen) atoms. The number of hydrogen-bond donors (Lipinski definition) is 3. The second kappa shape index (κ2) is 10.2. The van der Waals surface area contributed by atoms with Crippen molar-refractivity contribution in [2.75, 3.05) is 18.5 Å². The number of aryl methyl sites for hydroxylation is 1. The Morgan fingerprint density at radius 2 is 1.89 bits per heavy atom. The van der Waals surface area contributed by atoms with Gasteiger partial charge < -0.3 is 19.7 Å². The van der Waals surface area contributed by atoms with E-state index < -0.39 is 22.3 Å². The average molecular weight is 480 g/mol. The lowest BCUT2D eigenvalue weighted by molar-refractivity contribution is -0.384. The number of fused-ring (bicyclic) bond motifs is 1. The lowest BCUT2D eigenvalue weighted by Crippen LogP contribution is -2.31. The quantitative estimate of drug-likeness (QED) is 0.227. The van der Waals surface area contributed by atoms with Crippen LogP contribution in [-0.4, -0.2) is 48.4 Å². The zero-order valence-electron chi connectivity index (χ0n) is 18.9. The monoisotopic (exact) mass is 480 g/mol. The molecule has 0 saturated carbocycles. The number of anilines is 1. The Bertz CT molecular complexity index is 1440. The van der Waals surface area contributed by atoms with Gasteiger partial charge >= 0.3 is 5.69 Å². The molecule has 1 unspecified atom stereocenters. The van der Waals surface area contributed by atoms with Gasteiger partial charge in [-0.15, -0.1) is 0 Å². The number of nitro benzene ring substituents is 1. The molecular weight excluding hydrogens is 456 g/mol. The topological polar surface area (TPSA) is 157 Å². The number of aliphatic hydroxyl groups is 1. The number of aliphatic hydroxyl groups excluding tert-OH is 1. The lowest BCUT2D eigenvalue weighted by atomic mass is 10.1. The van der Waals surface area contributed by atoms with Gasteiger partial charge in [0, 0.05) is 25.7 Å². The second-order valence-corrected chi connectivity index (χ2v) is 7.91. The number of nitro groups is 1. The van der Waals surface area contributed by atoms with Crippen LogP contribution in [0.3, 0.4) is 0 Å². The van der Waals surface area contributed by atoms with Crippen LogP contribution in [0.1, 0.15) is 5.56 Å². The summed E-state index contributed by atoms with van der Waals surface area (Å²) in [7, 11) is 1.50. The SMILES string of the molecule is Cn1c(=O)[nH]c(=O)c2c1nc(NCCc1ccccc1)n2CC(O)COc1ccc([N+](=O)[O-])cc1. The molecule has 4 aromatic rings. The van der Waals surface area contributed by atoms with Crippen molar-refractivity contribution in [3.63, 3.8) is 0 Å². The van der Waals surface area contributed by atoms with Gasteiger partial charge in [0.25, 0.3) is 11.2 Å². The smallest absolute Gasteiger partial charge is 0.329 e. The molecule has 0 aliphatic heterocycles. The van der Waals surface area contributed by atoms with E-state index in [0.29, 0.717) is 24.7 Å². The van der Waals surface area contributed by atoms with Crippen molar-refractivity contribution < 1.29 is 14.8 Å². The molecule has 0 aliphatic carbocycles. The number of imidazole rings is 1. The van der Waals surface area contributed by atoms with Crippen LogP contribution in [0.15, 0.2) is 64.2 Å². The summed E-state index contributed by atoms with van der Waals surface area (Å²) >= 11 is 0. The summed E-state index contributed by atoms with van der Waals surface area (Å²) in [6.45, 7) is 0.331. The molecule has 0 amide bonds. The number of nitrogens with one attached hydrogen (secondary N) is 2. The van der Waals surface area contributed by atoms with Crippen LogP contribution in [0, 0.1) is 10.1 Å². The van der Waals surface area contributed by atoms with E-state index in [1.54, 1.807) is 0 Å². The maximum absolute atomic E-state index is 12.6. The molecule has 0 fully saturated rings. The molecule has 0 spiro atoms. The lowest BCUT2D eigenvalue weighted by Gasteiger charge is -2.16. The van der Waals surface area contributed by atoms with Gasteiger partial charge in [-0.2, -0.15) is 4.98 Å². The molecule has 12 nitrogen and oxygen atoms in total. The largest absolute Gasteiger partial charge is 0.491 e. The minimum atomic E-state index is -1.05. The zero-order chi connectivity index (χ0) is 24.9. The predicted molar refractivity (Wildman–Crippen MR) is 129 cm³/mol. The first-order chi connectivity index (χ1) is 16.8. The first-order valence-corrected chi connectivity index (χ1v) is 10.9. The Hall–Kier alpha value is -4.45. The third kappa shape index (κ3) is 5.38. The highest BCUT2D eigenvalue weighted by molar-refractivity contribution is 5.74. The molecule has 1 atom stereocenters. The predicted octanol–water partition coefficient (Wildman–Crippen LogP) is 1.43. The number of aromatic nitrogens is 4.